The molecule has 331 valence electrons. The van der Waals surface area contributed by atoms with Crippen molar-refractivity contribution in [2.24, 2.45) is 10.8 Å². The van der Waals surface area contributed by atoms with E-state index in [4.69, 9.17) is 0 Å². The number of benzene rings is 4. The van der Waals surface area contributed by atoms with Crippen LogP contribution < -0.4 is 10.4 Å². The first kappa shape index (κ1) is 47.0. The first-order chi connectivity index (χ1) is 29.3. The Morgan fingerprint density at radius 3 is 1.19 bits per heavy atom. The third-order valence-electron chi connectivity index (χ3n) is 17.1. The zero-order valence-corrected chi connectivity index (χ0v) is 47.2. The Bertz CT molecular complexity index is 2170. The molecule has 4 aliphatic rings. The van der Waals surface area contributed by atoms with Crippen molar-refractivity contribution in [3.63, 3.8) is 0 Å². The molecule has 4 aliphatic carbocycles. The summed E-state index contributed by atoms with van der Waals surface area (Å²) in [6.07, 6.45) is 23.4. The molecular formula is C56H77Cl2Si3Zr. The van der Waals surface area contributed by atoms with Crippen molar-refractivity contribution in [1.82, 2.24) is 0 Å². The summed E-state index contributed by atoms with van der Waals surface area (Å²) in [6.45, 7) is 24.8. The van der Waals surface area contributed by atoms with Crippen LogP contribution in [0.15, 0.2) is 96.1 Å². The molecule has 0 nitrogen and oxygen atoms in total. The first-order valence-corrected chi connectivity index (χ1v) is 48.1. The number of rotatable bonds is 13. The Kier molecular flexibility index (Phi) is 13.3. The van der Waals surface area contributed by atoms with Crippen molar-refractivity contribution in [3.05, 3.63) is 118 Å². The summed E-state index contributed by atoms with van der Waals surface area (Å²) in [4.78, 5) is 0. The molecule has 0 aliphatic heterocycles. The van der Waals surface area contributed by atoms with E-state index in [0.717, 1.165) is 12.8 Å². The van der Waals surface area contributed by atoms with Gasteiger partial charge in [0.2, 0.25) is 0 Å². The summed E-state index contributed by atoms with van der Waals surface area (Å²) < 4.78 is 0.215. The van der Waals surface area contributed by atoms with Crippen LogP contribution in [-0.4, -0.2) is 22.1 Å². The minimum atomic E-state index is -5.12. The second kappa shape index (κ2) is 17.6. The van der Waals surface area contributed by atoms with Gasteiger partial charge in [0.05, 0.1) is 0 Å². The van der Waals surface area contributed by atoms with E-state index in [9.17, 15) is 17.0 Å². The fraction of sp³-hybridized carbons (Fsp3) is 0.500. The van der Waals surface area contributed by atoms with E-state index in [2.05, 4.69) is 163 Å². The van der Waals surface area contributed by atoms with Crippen LogP contribution in [0, 0.1) is 10.8 Å². The Balaban J connectivity index is 1.35. The van der Waals surface area contributed by atoms with Crippen molar-refractivity contribution in [1.29, 1.82) is 0 Å². The van der Waals surface area contributed by atoms with Gasteiger partial charge in [0.25, 0.3) is 0 Å². The molecule has 6 heteroatoms. The van der Waals surface area contributed by atoms with Crippen LogP contribution in [0.4, 0.5) is 0 Å². The SMILES string of the molecule is CCC1(CC2=Cc3c(-c4ccc([Si](C)(C)C)cc4)cccc3[CH]2[Zr]([Cl])([Cl])([CH]2C(CC3(CC)CCCCC3)=Cc3c(-c4ccc([Si](C)(C)C)cc4)cccc32)[SiH](C)C)CCCCC1. The summed E-state index contributed by atoms with van der Waals surface area (Å²) in [6, 6.07) is 33.7. The van der Waals surface area contributed by atoms with Gasteiger partial charge in [0.1, 0.15) is 0 Å². The van der Waals surface area contributed by atoms with Crippen molar-refractivity contribution < 1.29 is 15.6 Å². The molecule has 62 heavy (non-hydrogen) atoms. The van der Waals surface area contributed by atoms with E-state index in [0.29, 0.717) is 10.8 Å². The Morgan fingerprint density at radius 1 is 0.532 bits per heavy atom. The topological polar surface area (TPSA) is 0 Å². The molecule has 0 heterocycles. The van der Waals surface area contributed by atoms with Gasteiger partial charge in [-0.25, -0.2) is 0 Å². The van der Waals surface area contributed by atoms with Crippen LogP contribution in [-0.2, 0) is 15.6 Å². The summed E-state index contributed by atoms with van der Waals surface area (Å²) in [5, 5.41) is 3.03. The molecule has 0 N–H and O–H groups in total. The van der Waals surface area contributed by atoms with Gasteiger partial charge in [-0.3, -0.25) is 0 Å². The van der Waals surface area contributed by atoms with E-state index < -0.39 is 37.6 Å². The second-order valence-electron chi connectivity index (χ2n) is 23.1. The van der Waals surface area contributed by atoms with E-state index in [1.54, 1.807) is 11.1 Å². The summed E-state index contributed by atoms with van der Waals surface area (Å²) >= 11 is -5.12. The fourth-order valence-corrected chi connectivity index (χ4v) is 46.6. The van der Waals surface area contributed by atoms with Gasteiger partial charge >= 0.3 is 392 Å². The van der Waals surface area contributed by atoms with Gasteiger partial charge in [-0.2, -0.15) is 0 Å². The van der Waals surface area contributed by atoms with E-state index in [-0.39, 0.29) is 7.25 Å². The Labute approximate surface area is 388 Å². The molecule has 8 rings (SSSR count). The molecule has 4 aromatic carbocycles. The molecular weight excluding hydrogens is 919 g/mol. The normalized spacial score (nSPS) is 21.8. The number of fused-ring (bicyclic) bond motifs is 2. The van der Waals surface area contributed by atoms with Gasteiger partial charge in [0.15, 0.2) is 0 Å². The summed E-state index contributed by atoms with van der Waals surface area (Å²) in [5.74, 6) is -1.76. The summed E-state index contributed by atoms with van der Waals surface area (Å²) in [7, 11) is 15.7. The molecule has 2 unspecified atom stereocenters. The second-order valence-corrected chi connectivity index (χ2v) is 75.8. The fourth-order valence-electron chi connectivity index (χ4n) is 13.0. The van der Waals surface area contributed by atoms with Crippen LogP contribution in [0.25, 0.3) is 34.4 Å². The van der Waals surface area contributed by atoms with Crippen LogP contribution in [0.3, 0.4) is 0 Å². The zero-order valence-electron chi connectivity index (χ0n) is 40.1. The van der Waals surface area contributed by atoms with Crippen molar-refractivity contribution in [2.75, 3.05) is 0 Å². The molecule has 0 radical (unpaired) electrons. The van der Waals surface area contributed by atoms with E-state index >= 15 is 0 Å². The summed E-state index contributed by atoms with van der Waals surface area (Å²) in [5.41, 5.74) is 14.9. The molecule has 2 fully saturated rings. The molecule has 0 aromatic heterocycles. The van der Waals surface area contributed by atoms with Crippen molar-refractivity contribution in [3.8, 4) is 22.3 Å². The van der Waals surface area contributed by atoms with Crippen molar-refractivity contribution in [2.45, 2.75) is 163 Å². The van der Waals surface area contributed by atoms with Gasteiger partial charge in [-0.15, -0.1) is 0 Å². The molecule has 2 atom stereocenters. The predicted octanol–water partition coefficient (Wildman–Crippen LogP) is 17.2. The monoisotopic (exact) mass is 993 g/mol. The Hall–Kier alpha value is -1.53. The van der Waals surface area contributed by atoms with Crippen LogP contribution in [0.5, 0.6) is 0 Å². The third kappa shape index (κ3) is 8.53. The quantitative estimate of drug-likeness (QED) is 0.117. The number of hydrogen-bond acceptors (Lipinski definition) is 0. The third-order valence-corrected chi connectivity index (χ3v) is 73.1. The average molecular weight is 997 g/mol. The minimum absolute atomic E-state index is 0.107. The van der Waals surface area contributed by atoms with Crippen LogP contribution in [0.1, 0.15) is 133 Å². The molecule has 0 spiro atoms. The standard InChI is InChI=1S/2C27H35Si.C2H7Si.2ClH.Zr/c2*1-5-27(16-7-6-8-17-27)20-21-18-23-10-9-11-25(26(23)19-21)22-12-14-24(15-13-22)28(2,3)4;1-3-2;;;/h2*9-15,18-19H,5-8,16-17,20H2,1-4H3;3H,1-2H3;2*1H;/q;;;;;+2/p-2. The molecule has 4 aromatic rings. The number of halogens is 2. The number of hydrogen-bond donors (Lipinski definition) is 0. The van der Waals surface area contributed by atoms with Crippen LogP contribution >= 0.6 is 17.0 Å². The van der Waals surface area contributed by atoms with Gasteiger partial charge < -0.3 is 0 Å². The molecule has 0 bridgehead atoms. The number of allylic oxidation sites excluding steroid dienone is 2. The maximum atomic E-state index is 9.30. The zero-order chi connectivity index (χ0) is 44.3. The van der Waals surface area contributed by atoms with Crippen molar-refractivity contribution >= 4 is 61.6 Å². The first-order valence-electron chi connectivity index (χ1n) is 24.8. The van der Waals surface area contributed by atoms with Gasteiger partial charge in [0, 0.05) is 0 Å². The van der Waals surface area contributed by atoms with E-state index in [1.165, 1.54) is 132 Å². The van der Waals surface area contributed by atoms with Gasteiger partial charge in [-0.05, 0) is 0 Å². The molecule has 0 amide bonds. The molecule has 2 saturated carbocycles. The Morgan fingerprint density at radius 2 is 0.887 bits per heavy atom. The van der Waals surface area contributed by atoms with Gasteiger partial charge in [-0.1, -0.05) is 0 Å². The molecule has 0 saturated heterocycles. The van der Waals surface area contributed by atoms with Crippen LogP contribution in [0.2, 0.25) is 52.4 Å². The predicted molar refractivity (Wildman–Crippen MR) is 283 cm³/mol. The van der Waals surface area contributed by atoms with E-state index in [1.807, 2.05) is 0 Å². The maximum absolute atomic E-state index is 9.30. The average Bonchev–Trinajstić information content (AvgIpc) is 3.82.